The fourth-order valence-electron chi connectivity index (χ4n) is 6.66. The van der Waals surface area contributed by atoms with Gasteiger partial charge in [0.2, 0.25) is 0 Å². The first-order valence-corrected chi connectivity index (χ1v) is 25.8. The molecule has 366 valence electrons. The zero-order valence-corrected chi connectivity index (χ0v) is 39.9. The predicted octanol–water partition coefficient (Wildman–Crippen LogP) is 10.4. The number of carbonyl (C=O) groups is 2. The van der Waals surface area contributed by atoms with Crippen molar-refractivity contribution in [2.45, 2.75) is 205 Å². The summed E-state index contributed by atoms with van der Waals surface area (Å²) in [6.45, 7) is 3.65. The van der Waals surface area contributed by atoms with Crippen LogP contribution in [-0.2, 0) is 38.7 Å². The van der Waals surface area contributed by atoms with Gasteiger partial charge in [0.05, 0.1) is 6.61 Å². The van der Waals surface area contributed by atoms with Gasteiger partial charge in [-0.25, -0.2) is 0 Å². The second-order valence-electron chi connectivity index (χ2n) is 16.4. The third kappa shape index (κ3) is 34.2. The molecule has 0 bridgehead atoms. The average Bonchev–Trinajstić information content (AvgIpc) is 3.26. The lowest BCUT2D eigenvalue weighted by atomic mass is 10.00. The molecule has 0 aromatic heterocycles. The van der Waals surface area contributed by atoms with Crippen molar-refractivity contribution < 1.29 is 56.8 Å². The molecule has 0 aromatic carbocycles. The monoisotopic (exact) mass is 921 g/mol. The molecule has 0 saturated carbocycles. The first kappa shape index (κ1) is 58.8. The van der Waals surface area contributed by atoms with Gasteiger partial charge >= 0.3 is 11.9 Å². The first-order chi connectivity index (χ1) is 31.0. The number of aliphatic hydroxyl groups excluding tert-OH is 3. The summed E-state index contributed by atoms with van der Waals surface area (Å²) in [7, 11) is -4.62. The Morgan fingerprint density at radius 3 is 1.39 bits per heavy atom. The van der Waals surface area contributed by atoms with Crippen molar-refractivity contribution >= 4 is 22.1 Å². The summed E-state index contributed by atoms with van der Waals surface area (Å²) >= 11 is 0. The number of ether oxygens (including phenoxy) is 4. The van der Waals surface area contributed by atoms with E-state index in [9.17, 15) is 37.9 Å². The highest BCUT2D eigenvalue weighted by atomic mass is 32.2. The fraction of sp³-hybridized carbons (Fsp3) is 0.686. The maximum absolute atomic E-state index is 12.8. The largest absolute Gasteiger partial charge is 0.462 e. The van der Waals surface area contributed by atoms with Gasteiger partial charge in [0.1, 0.15) is 36.8 Å². The molecule has 0 aromatic rings. The Bertz CT molecular complexity index is 1500. The zero-order chi connectivity index (χ0) is 46.9. The Morgan fingerprint density at radius 1 is 0.531 bits per heavy atom. The predicted molar refractivity (Wildman–Crippen MR) is 256 cm³/mol. The van der Waals surface area contributed by atoms with E-state index in [0.717, 1.165) is 89.9 Å². The number of hydrogen-bond acceptors (Lipinski definition) is 11. The molecule has 1 heterocycles. The summed E-state index contributed by atoms with van der Waals surface area (Å²) in [4.78, 5) is 25.5. The molecule has 1 aliphatic rings. The van der Waals surface area contributed by atoms with E-state index >= 15 is 0 Å². The molecule has 64 heavy (non-hydrogen) atoms. The number of allylic oxidation sites excluding steroid dienone is 14. The lowest BCUT2D eigenvalue weighted by Crippen LogP contribution is -2.60. The first-order valence-electron chi connectivity index (χ1n) is 24.1. The maximum atomic E-state index is 12.8. The van der Waals surface area contributed by atoms with Crippen molar-refractivity contribution in [1.82, 2.24) is 0 Å². The molecular weight excluding hydrogens is 837 g/mol. The molecule has 0 aliphatic carbocycles. The van der Waals surface area contributed by atoms with Crippen LogP contribution >= 0.6 is 0 Å². The standard InChI is InChI=1S/C51H84O12S/c1-3-5-7-9-11-13-15-17-19-21-22-24-26-28-30-32-34-36-38-40-47(53)62-44(42-61-51-50(56)49(55)48(54)45(63-51)43-64(57,58)59)41-60-46(52)39-37-35-33-31-29-27-25-23-20-18-16-14-12-10-8-6-4-2/h11-14,17-20,22,24-25,27-28,30,44-45,48-51,54-56H,3-10,15-16,21,23,26,29,31-43H2,1-2H3,(H,57,58,59)/b13-11+,14-12+,19-17+,20-18+,24-22+,27-25+,30-28+/t44-,45-,48-,49?,50?,51+/m1/s1. The van der Waals surface area contributed by atoms with Crippen molar-refractivity contribution in [1.29, 1.82) is 0 Å². The van der Waals surface area contributed by atoms with Crippen molar-refractivity contribution in [3.8, 4) is 0 Å². The Balaban J connectivity index is 2.48. The van der Waals surface area contributed by atoms with Gasteiger partial charge in [-0.1, -0.05) is 144 Å². The molecule has 1 saturated heterocycles. The van der Waals surface area contributed by atoms with Crippen LogP contribution in [0.2, 0.25) is 0 Å². The van der Waals surface area contributed by atoms with Gasteiger partial charge in [-0.15, -0.1) is 0 Å². The van der Waals surface area contributed by atoms with Crippen molar-refractivity contribution in [3.63, 3.8) is 0 Å². The van der Waals surface area contributed by atoms with Crippen molar-refractivity contribution in [2.75, 3.05) is 19.0 Å². The van der Waals surface area contributed by atoms with Crippen LogP contribution in [0.3, 0.4) is 0 Å². The van der Waals surface area contributed by atoms with Crippen LogP contribution in [0.1, 0.15) is 168 Å². The van der Waals surface area contributed by atoms with Gasteiger partial charge < -0.3 is 34.3 Å². The second-order valence-corrected chi connectivity index (χ2v) is 17.9. The summed E-state index contributed by atoms with van der Waals surface area (Å²) in [5.41, 5.74) is 0. The van der Waals surface area contributed by atoms with Gasteiger partial charge in [0.25, 0.3) is 10.1 Å². The minimum atomic E-state index is -4.62. The van der Waals surface area contributed by atoms with E-state index in [1.54, 1.807) is 0 Å². The number of hydrogen-bond donors (Lipinski definition) is 4. The van der Waals surface area contributed by atoms with E-state index in [4.69, 9.17) is 18.9 Å². The molecule has 1 rings (SSSR count). The van der Waals surface area contributed by atoms with Crippen LogP contribution < -0.4 is 0 Å². The van der Waals surface area contributed by atoms with Crippen molar-refractivity contribution in [2.24, 2.45) is 0 Å². The molecule has 0 amide bonds. The fourth-order valence-corrected chi connectivity index (χ4v) is 7.36. The van der Waals surface area contributed by atoms with E-state index in [0.29, 0.717) is 12.8 Å². The molecule has 13 heteroatoms. The third-order valence-electron chi connectivity index (χ3n) is 10.4. The second kappa shape index (κ2) is 40.1. The Labute approximate surface area is 386 Å². The molecule has 1 fully saturated rings. The summed E-state index contributed by atoms with van der Waals surface area (Å²) in [6, 6.07) is 0. The number of esters is 2. The molecule has 6 atom stereocenters. The summed E-state index contributed by atoms with van der Waals surface area (Å²) in [6.07, 6.45) is 43.3. The average molecular weight is 921 g/mol. The van der Waals surface area contributed by atoms with Crippen LogP contribution in [0, 0.1) is 0 Å². The minimum Gasteiger partial charge on any atom is -0.462 e. The Hall–Kier alpha value is -3.17. The summed E-state index contributed by atoms with van der Waals surface area (Å²) in [5, 5.41) is 30.9. The van der Waals surface area contributed by atoms with E-state index in [2.05, 4.69) is 98.9 Å². The van der Waals surface area contributed by atoms with Gasteiger partial charge in [-0.3, -0.25) is 14.1 Å². The molecule has 0 spiro atoms. The van der Waals surface area contributed by atoms with Gasteiger partial charge in [-0.2, -0.15) is 8.42 Å². The van der Waals surface area contributed by atoms with E-state index in [1.807, 2.05) is 0 Å². The Kier molecular flexibility index (Phi) is 36.9. The normalized spacial score (nSPS) is 20.4. The van der Waals surface area contributed by atoms with Gasteiger partial charge in [0, 0.05) is 12.8 Å². The van der Waals surface area contributed by atoms with E-state index in [1.165, 1.54) is 38.5 Å². The molecule has 12 nitrogen and oxygen atoms in total. The smallest absolute Gasteiger partial charge is 0.306 e. The van der Waals surface area contributed by atoms with Crippen LogP contribution in [0.15, 0.2) is 85.1 Å². The van der Waals surface area contributed by atoms with Crippen molar-refractivity contribution in [3.05, 3.63) is 85.1 Å². The van der Waals surface area contributed by atoms with E-state index < -0.39 is 71.2 Å². The number of carbonyl (C=O) groups excluding carboxylic acids is 2. The molecule has 2 unspecified atom stereocenters. The molecule has 4 N–H and O–H groups in total. The quantitative estimate of drug-likeness (QED) is 0.0198. The SMILES string of the molecule is CCCCC/C=C/C/C=C/C/C=C/C/C=C/CCCCCC(=O)O[C@H](COC(=O)CCCCCC/C=C/C/C=C/C/C=C/CCCCC)CO[C@H]1O[C@H](CS(=O)(=O)O)[C@@H](O)C(O)C1O. The minimum absolute atomic E-state index is 0.117. The topological polar surface area (TPSA) is 186 Å². The highest BCUT2D eigenvalue weighted by Gasteiger charge is 2.46. The Morgan fingerprint density at radius 2 is 0.938 bits per heavy atom. The molecule has 0 radical (unpaired) electrons. The van der Waals surface area contributed by atoms with E-state index in [-0.39, 0.29) is 19.4 Å². The van der Waals surface area contributed by atoms with Crippen LogP contribution in [0.25, 0.3) is 0 Å². The zero-order valence-electron chi connectivity index (χ0n) is 39.1. The molecule has 1 aliphatic heterocycles. The number of rotatable bonds is 39. The maximum Gasteiger partial charge on any atom is 0.306 e. The number of unbranched alkanes of at least 4 members (excludes halogenated alkanes) is 13. The summed E-state index contributed by atoms with van der Waals surface area (Å²) in [5.74, 6) is -2.06. The highest BCUT2D eigenvalue weighted by Crippen LogP contribution is 2.24. The lowest BCUT2D eigenvalue weighted by Gasteiger charge is -2.40. The van der Waals surface area contributed by atoms with Gasteiger partial charge in [0.15, 0.2) is 12.4 Å². The van der Waals surface area contributed by atoms with Crippen LogP contribution in [-0.4, -0.2) is 96.0 Å². The van der Waals surface area contributed by atoms with Crippen LogP contribution in [0.5, 0.6) is 0 Å². The third-order valence-corrected chi connectivity index (χ3v) is 11.2. The van der Waals surface area contributed by atoms with Crippen LogP contribution in [0.4, 0.5) is 0 Å². The van der Waals surface area contributed by atoms with Gasteiger partial charge in [-0.05, 0) is 96.3 Å². The molecular formula is C51H84O12S. The number of aliphatic hydroxyl groups is 3. The summed E-state index contributed by atoms with van der Waals surface area (Å²) < 4.78 is 54.1. The highest BCUT2D eigenvalue weighted by molar-refractivity contribution is 7.85. The lowest BCUT2D eigenvalue weighted by molar-refractivity contribution is -0.297.